The van der Waals surface area contributed by atoms with Gasteiger partial charge in [0, 0.05) is 5.92 Å². The van der Waals surface area contributed by atoms with Crippen molar-refractivity contribution in [3.8, 4) is 5.75 Å². The fourth-order valence-corrected chi connectivity index (χ4v) is 6.14. The molecule has 0 aromatic heterocycles. The Bertz CT molecular complexity index is 813. The van der Waals surface area contributed by atoms with E-state index >= 15 is 0 Å². The highest BCUT2D eigenvalue weighted by atomic mass is 79.9. The van der Waals surface area contributed by atoms with Crippen LogP contribution in [0.4, 0.5) is 0 Å². The lowest BCUT2D eigenvalue weighted by Crippen LogP contribution is -2.46. The van der Waals surface area contributed by atoms with Gasteiger partial charge in [0.2, 0.25) is 11.8 Å². The smallest absolute Gasteiger partial charge is 0.310 e. The van der Waals surface area contributed by atoms with Crippen LogP contribution >= 0.6 is 31.9 Å². The summed E-state index contributed by atoms with van der Waals surface area (Å²) in [6.45, 7) is 2.08. The van der Waals surface area contributed by atoms with E-state index in [1.54, 1.807) is 13.2 Å². The SMILES string of the molecule is COc1ccc(CN2C(=O)C3C(Br)[C@@H]4OC(=O)[C@H](C3C2=O)C4C)cc1Br. The van der Waals surface area contributed by atoms with E-state index in [0.717, 1.165) is 10.0 Å². The Morgan fingerprint density at radius 2 is 1.85 bits per heavy atom. The van der Waals surface area contributed by atoms with E-state index in [1.165, 1.54) is 4.90 Å². The van der Waals surface area contributed by atoms with Gasteiger partial charge in [-0.25, -0.2) is 0 Å². The number of hydrogen-bond donors (Lipinski definition) is 0. The summed E-state index contributed by atoms with van der Waals surface area (Å²) in [5, 5.41) is 0. The number of amides is 2. The van der Waals surface area contributed by atoms with E-state index in [1.807, 2.05) is 19.1 Å². The number of nitrogens with zero attached hydrogens (tertiary/aromatic N) is 1. The van der Waals surface area contributed by atoms with Crippen LogP contribution in [0.1, 0.15) is 12.5 Å². The monoisotopic (exact) mass is 485 g/mol. The van der Waals surface area contributed by atoms with E-state index in [4.69, 9.17) is 9.47 Å². The number of likely N-dealkylation sites (tertiary alicyclic amines) is 1. The van der Waals surface area contributed by atoms with E-state index in [2.05, 4.69) is 31.9 Å². The molecule has 0 radical (unpaired) electrons. The third-order valence-corrected chi connectivity index (χ3v) is 7.41. The predicted molar refractivity (Wildman–Crippen MR) is 98.5 cm³/mol. The lowest BCUT2D eigenvalue weighted by atomic mass is 9.68. The maximum Gasteiger partial charge on any atom is 0.310 e. The molecule has 3 aliphatic rings. The van der Waals surface area contributed by atoms with Gasteiger partial charge in [0.1, 0.15) is 11.9 Å². The number of alkyl halides is 1. The number of esters is 1. The number of methoxy groups -OCH3 is 1. The normalized spacial score (nSPS) is 35.5. The zero-order valence-corrected chi connectivity index (χ0v) is 17.3. The molecule has 3 fully saturated rings. The van der Waals surface area contributed by atoms with Crippen LogP contribution in [0.2, 0.25) is 0 Å². The standard InChI is InChI=1S/C18H17Br2NO5/c1-7-11-12-13(14(20)15(7)26-18(11)24)17(23)21(16(12)22)6-8-3-4-10(25-2)9(19)5-8/h3-5,7,11-15H,6H2,1-2H3/t7?,11-,12?,13?,14?,15+/m0/s1. The van der Waals surface area contributed by atoms with Crippen molar-refractivity contribution < 1.29 is 23.9 Å². The highest BCUT2D eigenvalue weighted by Crippen LogP contribution is 2.52. The summed E-state index contributed by atoms with van der Waals surface area (Å²) in [5.41, 5.74) is 0.810. The zero-order chi connectivity index (χ0) is 18.7. The lowest BCUT2D eigenvalue weighted by Gasteiger charge is -2.33. The van der Waals surface area contributed by atoms with Crippen LogP contribution in [0.3, 0.4) is 0 Å². The molecule has 2 saturated heterocycles. The van der Waals surface area contributed by atoms with Crippen LogP contribution in [0.5, 0.6) is 5.75 Å². The summed E-state index contributed by atoms with van der Waals surface area (Å²) in [7, 11) is 1.57. The first-order valence-electron chi connectivity index (χ1n) is 8.37. The molecule has 0 spiro atoms. The molecular formula is C18H17Br2NO5. The first-order valence-corrected chi connectivity index (χ1v) is 10.1. The number of benzene rings is 1. The molecule has 8 heteroatoms. The average molecular weight is 487 g/mol. The lowest BCUT2D eigenvalue weighted by molar-refractivity contribution is -0.148. The maximum absolute atomic E-state index is 13.0. The molecule has 1 saturated carbocycles. The second-order valence-electron chi connectivity index (χ2n) is 7.01. The molecule has 4 unspecified atom stereocenters. The van der Waals surface area contributed by atoms with Crippen LogP contribution < -0.4 is 4.74 Å². The van der Waals surface area contributed by atoms with Gasteiger partial charge in [-0.2, -0.15) is 0 Å². The first-order chi connectivity index (χ1) is 12.3. The Labute approximate surface area is 167 Å². The molecule has 0 N–H and O–H groups in total. The summed E-state index contributed by atoms with van der Waals surface area (Å²) >= 11 is 6.94. The second-order valence-corrected chi connectivity index (χ2v) is 8.93. The Balaban J connectivity index is 1.64. The van der Waals surface area contributed by atoms with Gasteiger partial charge in [-0.1, -0.05) is 28.9 Å². The van der Waals surface area contributed by atoms with E-state index in [-0.39, 0.29) is 41.2 Å². The molecule has 4 rings (SSSR count). The van der Waals surface area contributed by atoms with E-state index in [9.17, 15) is 14.4 Å². The number of fused-ring (bicyclic) bond motifs is 4. The maximum atomic E-state index is 13.0. The Morgan fingerprint density at radius 1 is 1.15 bits per heavy atom. The molecule has 2 heterocycles. The number of ether oxygens (including phenoxy) is 2. The molecule has 6 atom stereocenters. The van der Waals surface area contributed by atoms with Crippen molar-refractivity contribution >= 4 is 49.6 Å². The van der Waals surface area contributed by atoms with Crippen LogP contribution in [0, 0.1) is 23.7 Å². The fraction of sp³-hybridized carbons (Fsp3) is 0.500. The highest BCUT2D eigenvalue weighted by Gasteiger charge is 2.66. The van der Waals surface area contributed by atoms with Crippen LogP contribution in [0.25, 0.3) is 0 Å². The Kier molecular flexibility index (Phi) is 4.38. The summed E-state index contributed by atoms with van der Waals surface area (Å²) < 4.78 is 11.4. The van der Waals surface area contributed by atoms with E-state index < -0.39 is 17.8 Å². The molecule has 2 bridgehead atoms. The molecule has 6 nitrogen and oxygen atoms in total. The first kappa shape index (κ1) is 18.0. The van der Waals surface area contributed by atoms with Crippen molar-refractivity contribution in [2.45, 2.75) is 24.4 Å². The molecule has 1 aromatic rings. The third-order valence-electron chi connectivity index (χ3n) is 5.70. The average Bonchev–Trinajstić information content (AvgIpc) is 2.97. The second kappa shape index (κ2) is 6.34. The van der Waals surface area contributed by atoms with Gasteiger partial charge >= 0.3 is 5.97 Å². The molecule has 26 heavy (non-hydrogen) atoms. The summed E-state index contributed by atoms with van der Waals surface area (Å²) in [4.78, 5) is 39.2. The summed E-state index contributed by atoms with van der Waals surface area (Å²) in [6, 6.07) is 5.43. The molecule has 2 amide bonds. The van der Waals surface area contributed by atoms with Crippen molar-refractivity contribution in [1.29, 1.82) is 0 Å². The molecule has 1 aliphatic carbocycles. The molecular weight excluding hydrogens is 470 g/mol. The predicted octanol–water partition coefficient (Wildman–Crippen LogP) is 2.51. The highest BCUT2D eigenvalue weighted by molar-refractivity contribution is 9.10. The van der Waals surface area contributed by atoms with Crippen LogP contribution in [-0.2, 0) is 25.7 Å². The number of carbonyl (C=O) groups is 3. The Hall–Kier alpha value is -1.41. The van der Waals surface area contributed by atoms with Crippen LogP contribution in [-0.4, -0.2) is 40.7 Å². The van der Waals surface area contributed by atoms with E-state index in [0.29, 0.717) is 5.75 Å². The van der Waals surface area contributed by atoms with Crippen molar-refractivity contribution in [3.05, 3.63) is 28.2 Å². The molecule has 1 aromatic carbocycles. The Morgan fingerprint density at radius 3 is 2.50 bits per heavy atom. The summed E-state index contributed by atoms with van der Waals surface area (Å²) in [6.07, 6.45) is -0.361. The quantitative estimate of drug-likeness (QED) is 0.373. The van der Waals surface area contributed by atoms with Crippen molar-refractivity contribution in [2.24, 2.45) is 23.7 Å². The summed E-state index contributed by atoms with van der Waals surface area (Å²) in [5.74, 6) is -2.04. The minimum Gasteiger partial charge on any atom is -0.496 e. The van der Waals surface area contributed by atoms with Gasteiger partial charge in [-0.05, 0) is 33.6 Å². The van der Waals surface area contributed by atoms with Gasteiger partial charge in [-0.3, -0.25) is 19.3 Å². The van der Waals surface area contributed by atoms with Gasteiger partial charge in [-0.15, -0.1) is 0 Å². The van der Waals surface area contributed by atoms with Gasteiger partial charge in [0.05, 0.1) is 40.7 Å². The number of halogens is 2. The topological polar surface area (TPSA) is 72.9 Å². The fourth-order valence-electron chi connectivity index (χ4n) is 4.41. The number of imide groups is 1. The number of hydrogen-bond acceptors (Lipinski definition) is 5. The minimum atomic E-state index is -0.644. The molecule has 2 aliphatic heterocycles. The third kappa shape index (κ3) is 2.45. The van der Waals surface area contributed by atoms with Crippen molar-refractivity contribution in [2.75, 3.05) is 7.11 Å². The minimum absolute atomic E-state index is 0.0834. The largest absolute Gasteiger partial charge is 0.496 e. The zero-order valence-electron chi connectivity index (χ0n) is 14.1. The number of rotatable bonds is 3. The molecule has 138 valence electrons. The van der Waals surface area contributed by atoms with Gasteiger partial charge in [0.25, 0.3) is 0 Å². The van der Waals surface area contributed by atoms with Crippen LogP contribution in [0.15, 0.2) is 22.7 Å². The van der Waals surface area contributed by atoms with Gasteiger partial charge in [0.15, 0.2) is 0 Å². The van der Waals surface area contributed by atoms with Crippen molar-refractivity contribution in [3.63, 3.8) is 0 Å². The van der Waals surface area contributed by atoms with Crippen molar-refractivity contribution in [1.82, 2.24) is 4.90 Å². The van der Waals surface area contributed by atoms with Gasteiger partial charge < -0.3 is 9.47 Å². The number of carbonyl (C=O) groups excluding carboxylic acids is 3.